The van der Waals surface area contributed by atoms with Crippen molar-refractivity contribution in [3.8, 4) is 11.3 Å². The zero-order valence-electron chi connectivity index (χ0n) is 13.5. The minimum Gasteiger partial charge on any atom is -0.305 e. The number of nitrogens with zero attached hydrogens (tertiary/aromatic N) is 3. The van der Waals surface area contributed by atoms with Crippen LogP contribution in [0.2, 0.25) is 0 Å². The number of fused-ring (bicyclic) bond motifs is 1. The van der Waals surface area contributed by atoms with Crippen LogP contribution in [-0.2, 0) is 0 Å². The molecular weight excluding hydrogens is 314 g/mol. The fourth-order valence-corrected chi connectivity index (χ4v) is 2.70. The van der Waals surface area contributed by atoms with E-state index in [9.17, 15) is 4.79 Å². The first kappa shape index (κ1) is 15.0. The molecule has 3 aromatic heterocycles. The first-order valence-corrected chi connectivity index (χ1v) is 7.84. The van der Waals surface area contributed by atoms with Crippen molar-refractivity contribution in [1.82, 2.24) is 20.2 Å². The van der Waals surface area contributed by atoms with Gasteiger partial charge in [0.15, 0.2) is 5.82 Å². The molecule has 2 N–H and O–H groups in total. The lowest BCUT2D eigenvalue weighted by Gasteiger charge is -2.09. The number of aryl methyl sites for hydroxylation is 1. The van der Waals surface area contributed by atoms with Gasteiger partial charge in [-0.3, -0.25) is 14.9 Å². The molecule has 0 unspecified atom stereocenters. The summed E-state index contributed by atoms with van der Waals surface area (Å²) in [4.78, 5) is 21.5. The number of aromatic amines is 1. The molecule has 0 aliphatic carbocycles. The lowest BCUT2D eigenvalue weighted by Crippen LogP contribution is -2.13. The maximum Gasteiger partial charge on any atom is 0.257 e. The van der Waals surface area contributed by atoms with E-state index in [-0.39, 0.29) is 5.91 Å². The van der Waals surface area contributed by atoms with E-state index >= 15 is 0 Å². The Hall–Kier alpha value is -3.54. The molecule has 0 aliphatic heterocycles. The van der Waals surface area contributed by atoms with E-state index in [1.807, 2.05) is 43.3 Å². The van der Waals surface area contributed by atoms with Gasteiger partial charge >= 0.3 is 0 Å². The topological polar surface area (TPSA) is 83.6 Å². The molecule has 4 rings (SSSR count). The van der Waals surface area contributed by atoms with Gasteiger partial charge in [0.1, 0.15) is 0 Å². The van der Waals surface area contributed by atoms with Crippen molar-refractivity contribution < 1.29 is 4.79 Å². The third-order valence-electron chi connectivity index (χ3n) is 3.88. The van der Waals surface area contributed by atoms with Crippen LogP contribution < -0.4 is 5.32 Å². The van der Waals surface area contributed by atoms with Gasteiger partial charge in [-0.2, -0.15) is 5.10 Å². The number of carbonyl (C=O) groups excluding carboxylic acids is 1. The summed E-state index contributed by atoms with van der Waals surface area (Å²) in [5.41, 5.74) is 3.83. The summed E-state index contributed by atoms with van der Waals surface area (Å²) in [6, 6.07) is 14.9. The number of rotatable bonds is 3. The number of hydrogen-bond donors (Lipinski definition) is 2. The van der Waals surface area contributed by atoms with E-state index in [1.165, 1.54) is 0 Å². The molecule has 0 atom stereocenters. The molecule has 6 heteroatoms. The molecule has 0 fully saturated rings. The van der Waals surface area contributed by atoms with E-state index in [4.69, 9.17) is 0 Å². The molecule has 4 aromatic rings. The van der Waals surface area contributed by atoms with Crippen LogP contribution in [0.5, 0.6) is 0 Å². The third-order valence-corrected chi connectivity index (χ3v) is 3.88. The summed E-state index contributed by atoms with van der Waals surface area (Å²) in [5.74, 6) is 0.272. The molecular formula is C19H15N5O. The van der Waals surface area contributed by atoms with E-state index in [1.54, 1.807) is 24.5 Å². The Labute approximate surface area is 144 Å². The van der Waals surface area contributed by atoms with Crippen LogP contribution in [-0.4, -0.2) is 26.1 Å². The van der Waals surface area contributed by atoms with Gasteiger partial charge in [-0.25, -0.2) is 4.98 Å². The SMILES string of the molecule is Cc1cc(NC(=O)c2cc(-c3ccncc3)nc3ccccc23)n[nH]1. The van der Waals surface area contributed by atoms with E-state index in [2.05, 4.69) is 25.5 Å². The summed E-state index contributed by atoms with van der Waals surface area (Å²) in [7, 11) is 0. The minimum atomic E-state index is -0.222. The van der Waals surface area contributed by atoms with Crippen LogP contribution in [0.3, 0.4) is 0 Å². The Morgan fingerprint density at radius 1 is 1.08 bits per heavy atom. The second-order valence-electron chi connectivity index (χ2n) is 5.70. The molecule has 3 heterocycles. The van der Waals surface area contributed by atoms with Gasteiger partial charge in [0.05, 0.1) is 16.8 Å². The molecule has 122 valence electrons. The Morgan fingerprint density at radius 2 is 1.88 bits per heavy atom. The van der Waals surface area contributed by atoms with Gasteiger partial charge in [0.2, 0.25) is 0 Å². The van der Waals surface area contributed by atoms with Gasteiger partial charge in [0.25, 0.3) is 5.91 Å². The highest BCUT2D eigenvalue weighted by molar-refractivity contribution is 6.12. The van der Waals surface area contributed by atoms with Gasteiger partial charge in [-0.05, 0) is 31.2 Å². The van der Waals surface area contributed by atoms with Crippen LogP contribution in [0.4, 0.5) is 5.82 Å². The van der Waals surface area contributed by atoms with Crippen LogP contribution in [0.1, 0.15) is 16.1 Å². The smallest absolute Gasteiger partial charge is 0.257 e. The Bertz CT molecular complexity index is 1060. The second kappa shape index (κ2) is 6.16. The average molecular weight is 329 g/mol. The fourth-order valence-electron chi connectivity index (χ4n) is 2.70. The molecule has 6 nitrogen and oxygen atoms in total. The fraction of sp³-hybridized carbons (Fsp3) is 0.0526. The number of aromatic nitrogens is 4. The summed E-state index contributed by atoms with van der Waals surface area (Å²) in [6.45, 7) is 1.88. The molecule has 0 spiro atoms. The van der Waals surface area contributed by atoms with E-state index < -0.39 is 0 Å². The lowest BCUT2D eigenvalue weighted by atomic mass is 10.0. The zero-order valence-corrected chi connectivity index (χ0v) is 13.5. The first-order valence-electron chi connectivity index (χ1n) is 7.84. The van der Waals surface area contributed by atoms with E-state index in [0.29, 0.717) is 11.4 Å². The first-order chi connectivity index (χ1) is 12.2. The number of carbonyl (C=O) groups is 1. The van der Waals surface area contributed by atoms with Crippen molar-refractivity contribution in [3.63, 3.8) is 0 Å². The minimum absolute atomic E-state index is 0.222. The monoisotopic (exact) mass is 329 g/mol. The summed E-state index contributed by atoms with van der Waals surface area (Å²) < 4.78 is 0. The number of anilines is 1. The second-order valence-corrected chi connectivity index (χ2v) is 5.70. The molecule has 0 bridgehead atoms. The molecule has 1 amide bonds. The quantitative estimate of drug-likeness (QED) is 0.602. The Kier molecular flexibility index (Phi) is 3.70. The zero-order chi connectivity index (χ0) is 17.2. The highest BCUT2D eigenvalue weighted by atomic mass is 16.1. The van der Waals surface area contributed by atoms with Gasteiger partial charge in [-0.15, -0.1) is 0 Å². The number of hydrogen-bond acceptors (Lipinski definition) is 4. The van der Waals surface area contributed by atoms with Crippen LogP contribution >= 0.6 is 0 Å². The Balaban J connectivity index is 1.82. The van der Waals surface area contributed by atoms with Gasteiger partial charge in [0, 0.05) is 35.1 Å². The van der Waals surface area contributed by atoms with Crippen molar-refractivity contribution in [3.05, 3.63) is 72.2 Å². The van der Waals surface area contributed by atoms with Gasteiger partial charge < -0.3 is 5.32 Å². The summed E-state index contributed by atoms with van der Waals surface area (Å²) >= 11 is 0. The number of pyridine rings is 2. The third kappa shape index (κ3) is 2.97. The standard InChI is InChI=1S/C19H15N5O/c1-12-10-18(24-23-12)22-19(25)15-11-17(13-6-8-20-9-7-13)21-16-5-3-2-4-14(15)16/h2-11H,1H3,(H2,22,23,24,25). The van der Waals surface area contributed by atoms with Crippen molar-refractivity contribution in [2.75, 3.05) is 5.32 Å². The number of H-pyrrole nitrogens is 1. The highest BCUT2D eigenvalue weighted by Crippen LogP contribution is 2.25. The van der Waals surface area contributed by atoms with E-state index in [0.717, 1.165) is 27.9 Å². The summed E-state index contributed by atoms with van der Waals surface area (Å²) in [6.07, 6.45) is 3.41. The highest BCUT2D eigenvalue weighted by Gasteiger charge is 2.15. The van der Waals surface area contributed by atoms with Crippen molar-refractivity contribution in [1.29, 1.82) is 0 Å². The molecule has 1 aromatic carbocycles. The normalized spacial score (nSPS) is 10.8. The molecule has 0 saturated carbocycles. The number of amides is 1. The maximum atomic E-state index is 12.8. The lowest BCUT2D eigenvalue weighted by molar-refractivity contribution is 0.102. The van der Waals surface area contributed by atoms with Crippen molar-refractivity contribution in [2.45, 2.75) is 6.92 Å². The molecule has 0 saturated heterocycles. The number of para-hydroxylation sites is 1. The summed E-state index contributed by atoms with van der Waals surface area (Å²) in [5, 5.41) is 10.5. The van der Waals surface area contributed by atoms with Crippen LogP contribution in [0, 0.1) is 6.92 Å². The number of benzene rings is 1. The van der Waals surface area contributed by atoms with Crippen LogP contribution in [0.25, 0.3) is 22.2 Å². The Morgan fingerprint density at radius 3 is 2.64 bits per heavy atom. The van der Waals surface area contributed by atoms with Crippen molar-refractivity contribution >= 4 is 22.6 Å². The predicted molar refractivity (Wildman–Crippen MR) is 96.3 cm³/mol. The molecule has 0 aliphatic rings. The van der Waals surface area contributed by atoms with Crippen molar-refractivity contribution in [2.24, 2.45) is 0 Å². The largest absolute Gasteiger partial charge is 0.305 e. The van der Waals surface area contributed by atoms with Crippen LogP contribution in [0.15, 0.2) is 60.9 Å². The average Bonchev–Trinajstić information content (AvgIpc) is 3.06. The molecule has 0 radical (unpaired) electrons. The van der Waals surface area contributed by atoms with Gasteiger partial charge in [-0.1, -0.05) is 18.2 Å². The predicted octanol–water partition coefficient (Wildman–Crippen LogP) is 3.58. The molecule has 25 heavy (non-hydrogen) atoms. The number of nitrogens with one attached hydrogen (secondary N) is 2. The maximum absolute atomic E-state index is 12.8.